The van der Waals surface area contributed by atoms with E-state index in [1.54, 1.807) is 11.3 Å². The average molecular weight is 457 g/mol. The number of fused-ring (bicyclic) bond motifs is 1. The Bertz CT molecular complexity index is 1060. The van der Waals surface area contributed by atoms with Gasteiger partial charge < -0.3 is 5.32 Å². The van der Waals surface area contributed by atoms with Gasteiger partial charge in [-0.05, 0) is 71.8 Å². The van der Waals surface area contributed by atoms with Gasteiger partial charge in [-0.3, -0.25) is 0 Å². The molecule has 0 aliphatic carbocycles. The second kappa shape index (κ2) is 6.72. The summed E-state index contributed by atoms with van der Waals surface area (Å²) in [5.74, 6) is 1.64. The van der Waals surface area contributed by atoms with Crippen LogP contribution in [0.1, 0.15) is 11.4 Å². The molecule has 4 aromatic rings. The van der Waals surface area contributed by atoms with Gasteiger partial charge >= 0.3 is 0 Å². The molecule has 0 amide bonds. The van der Waals surface area contributed by atoms with Crippen LogP contribution in [0.25, 0.3) is 20.7 Å². The van der Waals surface area contributed by atoms with Crippen LogP contribution in [0, 0.1) is 17.4 Å². The van der Waals surface area contributed by atoms with Crippen molar-refractivity contribution in [3.8, 4) is 10.4 Å². The maximum atomic E-state index is 4.65. The van der Waals surface area contributed by atoms with E-state index < -0.39 is 0 Å². The minimum Gasteiger partial charge on any atom is -0.339 e. The van der Waals surface area contributed by atoms with E-state index in [-0.39, 0.29) is 0 Å². The van der Waals surface area contributed by atoms with Crippen molar-refractivity contribution in [2.45, 2.75) is 13.8 Å². The van der Waals surface area contributed by atoms with Crippen LogP contribution in [0.5, 0.6) is 0 Å². The molecule has 1 N–H and O–H groups in total. The van der Waals surface area contributed by atoms with E-state index in [0.29, 0.717) is 0 Å². The normalized spacial score (nSPS) is 11.0. The van der Waals surface area contributed by atoms with Crippen LogP contribution in [-0.4, -0.2) is 9.97 Å². The molecule has 3 nitrogen and oxygen atoms in total. The minimum atomic E-state index is 0.777. The van der Waals surface area contributed by atoms with Crippen LogP contribution in [0.4, 0.5) is 11.5 Å². The largest absolute Gasteiger partial charge is 0.339 e. The van der Waals surface area contributed by atoms with E-state index in [4.69, 9.17) is 0 Å². The Morgan fingerprint density at radius 2 is 1.76 bits per heavy atom. The van der Waals surface area contributed by atoms with Crippen LogP contribution in [0.15, 0.2) is 54.6 Å². The van der Waals surface area contributed by atoms with Crippen molar-refractivity contribution >= 4 is 55.6 Å². The van der Waals surface area contributed by atoms with Crippen molar-refractivity contribution in [2.24, 2.45) is 0 Å². The van der Waals surface area contributed by atoms with Crippen LogP contribution in [-0.2, 0) is 0 Å². The molecule has 2 aromatic carbocycles. The number of hydrogen-bond donors (Lipinski definition) is 1. The zero-order chi connectivity index (χ0) is 17.4. The van der Waals surface area contributed by atoms with E-state index >= 15 is 0 Å². The second-order valence-electron chi connectivity index (χ2n) is 5.90. The minimum absolute atomic E-state index is 0.777. The maximum Gasteiger partial charge on any atom is 0.142 e. The Labute approximate surface area is 164 Å². The molecule has 0 saturated heterocycles. The van der Waals surface area contributed by atoms with E-state index in [1.165, 1.54) is 19.6 Å². The molecule has 0 atom stereocenters. The first-order chi connectivity index (χ1) is 12.1. The van der Waals surface area contributed by atoms with Gasteiger partial charge in [0.05, 0.1) is 5.39 Å². The fourth-order valence-electron chi connectivity index (χ4n) is 2.76. The second-order valence-corrected chi connectivity index (χ2v) is 8.18. The molecule has 4 rings (SSSR count). The van der Waals surface area contributed by atoms with Crippen molar-refractivity contribution < 1.29 is 0 Å². The molecule has 25 heavy (non-hydrogen) atoms. The highest BCUT2D eigenvalue weighted by Gasteiger charge is 2.12. The molecule has 0 aliphatic rings. The smallest absolute Gasteiger partial charge is 0.142 e. The maximum absolute atomic E-state index is 4.65. The number of benzene rings is 2. The molecule has 124 valence electrons. The van der Waals surface area contributed by atoms with Gasteiger partial charge in [0.15, 0.2) is 0 Å². The molecule has 0 saturated carbocycles. The van der Waals surface area contributed by atoms with E-state index in [1.807, 2.05) is 13.0 Å². The molecule has 0 unspecified atom stereocenters. The lowest BCUT2D eigenvalue weighted by Gasteiger charge is -2.10. The van der Waals surface area contributed by atoms with Gasteiger partial charge in [-0.25, -0.2) is 9.97 Å². The van der Waals surface area contributed by atoms with Crippen LogP contribution in [0.3, 0.4) is 0 Å². The number of nitrogens with one attached hydrogen (secondary N) is 1. The summed E-state index contributed by atoms with van der Waals surface area (Å²) >= 11 is 4.03. The van der Waals surface area contributed by atoms with Crippen molar-refractivity contribution in [1.29, 1.82) is 0 Å². The fourth-order valence-corrected chi connectivity index (χ4v) is 4.49. The fraction of sp³-hybridized carbons (Fsp3) is 0.100. The molecule has 0 bridgehead atoms. The lowest BCUT2D eigenvalue weighted by Crippen LogP contribution is -1.99. The Balaban J connectivity index is 1.82. The molecule has 0 radical (unpaired) electrons. The number of halogens is 1. The summed E-state index contributed by atoms with van der Waals surface area (Å²) in [7, 11) is 0. The summed E-state index contributed by atoms with van der Waals surface area (Å²) in [4.78, 5) is 11.5. The predicted octanol–water partition coefficient (Wildman–Crippen LogP) is 6.32. The monoisotopic (exact) mass is 457 g/mol. The summed E-state index contributed by atoms with van der Waals surface area (Å²) in [5, 5.41) is 4.56. The van der Waals surface area contributed by atoms with Gasteiger partial charge in [-0.15, -0.1) is 11.3 Å². The molecule has 0 spiro atoms. The lowest BCUT2D eigenvalue weighted by atomic mass is 10.1. The number of rotatable bonds is 3. The van der Waals surface area contributed by atoms with E-state index in [9.17, 15) is 0 Å². The van der Waals surface area contributed by atoms with E-state index in [0.717, 1.165) is 27.5 Å². The van der Waals surface area contributed by atoms with Gasteiger partial charge in [0.1, 0.15) is 16.5 Å². The van der Waals surface area contributed by atoms with Crippen LogP contribution < -0.4 is 5.32 Å². The summed E-state index contributed by atoms with van der Waals surface area (Å²) in [6.07, 6.45) is 0. The van der Waals surface area contributed by atoms with E-state index in [2.05, 4.69) is 93.3 Å². The van der Waals surface area contributed by atoms with Gasteiger partial charge in [-0.1, -0.05) is 30.3 Å². The van der Waals surface area contributed by atoms with Crippen molar-refractivity contribution in [2.75, 3.05) is 5.32 Å². The van der Waals surface area contributed by atoms with Gasteiger partial charge in [0, 0.05) is 14.1 Å². The quantitative estimate of drug-likeness (QED) is 0.366. The zero-order valence-electron chi connectivity index (χ0n) is 13.9. The average Bonchev–Trinajstić information content (AvgIpc) is 3.02. The number of hydrogen-bond acceptors (Lipinski definition) is 4. The summed E-state index contributed by atoms with van der Waals surface area (Å²) < 4.78 is 1.23. The topological polar surface area (TPSA) is 37.8 Å². The Kier molecular flexibility index (Phi) is 4.43. The van der Waals surface area contributed by atoms with Gasteiger partial charge in [-0.2, -0.15) is 0 Å². The van der Waals surface area contributed by atoms with Crippen molar-refractivity contribution in [3.05, 3.63) is 69.6 Å². The highest BCUT2D eigenvalue weighted by atomic mass is 127. The van der Waals surface area contributed by atoms with Gasteiger partial charge in [0.25, 0.3) is 0 Å². The number of anilines is 2. The third kappa shape index (κ3) is 3.39. The molecule has 0 fully saturated rings. The lowest BCUT2D eigenvalue weighted by molar-refractivity contribution is 1.10. The van der Waals surface area contributed by atoms with Crippen LogP contribution in [0.2, 0.25) is 0 Å². The van der Waals surface area contributed by atoms with Crippen LogP contribution >= 0.6 is 33.9 Å². The Morgan fingerprint density at radius 1 is 0.960 bits per heavy atom. The molecule has 5 heteroatoms. The highest BCUT2D eigenvalue weighted by Crippen LogP contribution is 2.36. The molecular formula is C20H16IN3S. The summed E-state index contributed by atoms with van der Waals surface area (Å²) in [5.41, 5.74) is 3.49. The first-order valence-corrected chi connectivity index (χ1v) is 9.86. The number of thiophene rings is 1. The number of nitrogens with zero attached hydrogens (tertiary/aromatic N) is 2. The first-order valence-electron chi connectivity index (χ1n) is 7.97. The molecule has 2 aromatic heterocycles. The third-order valence-corrected chi connectivity index (χ3v) is 5.75. The highest BCUT2D eigenvalue weighted by molar-refractivity contribution is 14.1. The molecule has 2 heterocycles. The predicted molar refractivity (Wildman–Crippen MR) is 115 cm³/mol. The van der Waals surface area contributed by atoms with Gasteiger partial charge in [0.2, 0.25) is 0 Å². The van der Waals surface area contributed by atoms with Crippen molar-refractivity contribution in [1.82, 2.24) is 9.97 Å². The molecule has 0 aliphatic heterocycles. The Hall–Kier alpha value is -1.99. The number of aromatic nitrogens is 2. The SMILES string of the molecule is Cc1nc(Nc2ccc(I)cc2C)c2cc(-c3ccccc3)sc2n1. The third-order valence-electron chi connectivity index (χ3n) is 4.00. The summed E-state index contributed by atoms with van der Waals surface area (Å²) in [6.45, 7) is 4.05. The van der Waals surface area contributed by atoms with Crippen molar-refractivity contribution in [3.63, 3.8) is 0 Å². The standard InChI is InChI=1S/C20H16IN3S/c1-12-10-15(21)8-9-17(12)24-19-16-11-18(14-6-4-3-5-7-14)25-20(16)23-13(2)22-19/h3-11H,1-2H3,(H,22,23,24). The Morgan fingerprint density at radius 3 is 2.52 bits per heavy atom. The first kappa shape index (κ1) is 16.5. The number of aryl methyl sites for hydroxylation is 2. The summed E-state index contributed by atoms with van der Waals surface area (Å²) in [6, 6.07) is 19.0. The zero-order valence-corrected chi connectivity index (χ0v) is 16.9. The molecular weight excluding hydrogens is 441 g/mol.